The van der Waals surface area contributed by atoms with Crippen molar-refractivity contribution >= 4 is 28.2 Å². The standard InChI is InChI=1S/C15H10N2O2S/c1-19-15(18)14-10(4-5-20-14)12-8-17-13-3-2-9(7-16)6-11(12)13/h2-6,8,17H,1H3. The minimum Gasteiger partial charge on any atom is -0.465 e. The predicted molar refractivity (Wildman–Crippen MR) is 77.7 cm³/mol. The maximum absolute atomic E-state index is 11.8. The van der Waals surface area contributed by atoms with E-state index in [1.807, 2.05) is 29.8 Å². The number of carbonyl (C=O) groups is 1. The highest BCUT2D eigenvalue weighted by Gasteiger charge is 2.17. The third-order valence-electron chi connectivity index (χ3n) is 3.14. The summed E-state index contributed by atoms with van der Waals surface area (Å²) in [5.41, 5.74) is 3.25. The SMILES string of the molecule is COC(=O)c1sccc1-c1c[nH]c2ccc(C#N)cc12. The van der Waals surface area contributed by atoms with Crippen molar-refractivity contribution in [2.45, 2.75) is 0 Å². The molecule has 1 aromatic carbocycles. The molecule has 0 saturated carbocycles. The van der Waals surface area contributed by atoms with Crippen molar-refractivity contribution in [3.8, 4) is 17.2 Å². The molecule has 0 aliphatic heterocycles. The largest absolute Gasteiger partial charge is 0.465 e. The van der Waals surface area contributed by atoms with E-state index in [9.17, 15) is 4.79 Å². The summed E-state index contributed by atoms with van der Waals surface area (Å²) in [5.74, 6) is -0.346. The van der Waals surface area contributed by atoms with Gasteiger partial charge < -0.3 is 9.72 Å². The lowest BCUT2D eigenvalue weighted by molar-refractivity contribution is 0.0607. The average molecular weight is 282 g/mol. The van der Waals surface area contributed by atoms with Crippen LogP contribution in [0.4, 0.5) is 0 Å². The van der Waals surface area contributed by atoms with Gasteiger partial charge in [0.25, 0.3) is 0 Å². The van der Waals surface area contributed by atoms with Crippen LogP contribution in [0.2, 0.25) is 0 Å². The third-order valence-corrected chi connectivity index (χ3v) is 4.03. The molecule has 0 atom stereocenters. The number of ether oxygens (including phenoxy) is 1. The third kappa shape index (κ3) is 1.87. The van der Waals surface area contributed by atoms with Crippen LogP contribution in [0.1, 0.15) is 15.2 Å². The zero-order chi connectivity index (χ0) is 14.1. The lowest BCUT2D eigenvalue weighted by Crippen LogP contribution is -1.99. The van der Waals surface area contributed by atoms with Crippen molar-refractivity contribution < 1.29 is 9.53 Å². The molecule has 3 rings (SSSR count). The monoisotopic (exact) mass is 282 g/mol. The second-order valence-electron chi connectivity index (χ2n) is 4.23. The van der Waals surface area contributed by atoms with Gasteiger partial charge in [0, 0.05) is 28.2 Å². The Morgan fingerprint density at radius 2 is 2.20 bits per heavy atom. The number of nitrogens with one attached hydrogen (secondary N) is 1. The van der Waals surface area contributed by atoms with Gasteiger partial charge in [-0.05, 0) is 29.6 Å². The van der Waals surface area contributed by atoms with E-state index in [-0.39, 0.29) is 5.97 Å². The van der Waals surface area contributed by atoms with Gasteiger partial charge in [-0.1, -0.05) is 0 Å². The predicted octanol–water partition coefficient (Wildman–Crippen LogP) is 3.55. The maximum atomic E-state index is 11.8. The lowest BCUT2D eigenvalue weighted by Gasteiger charge is -2.01. The average Bonchev–Trinajstić information content (AvgIpc) is 3.11. The number of nitriles is 1. The van der Waals surface area contributed by atoms with E-state index in [0.717, 1.165) is 22.0 Å². The van der Waals surface area contributed by atoms with E-state index < -0.39 is 0 Å². The molecule has 2 aromatic heterocycles. The Balaban J connectivity index is 2.23. The number of esters is 1. The number of hydrogen-bond acceptors (Lipinski definition) is 4. The first-order valence-electron chi connectivity index (χ1n) is 5.92. The fourth-order valence-electron chi connectivity index (χ4n) is 2.19. The minimum atomic E-state index is -0.346. The molecular formula is C15H10N2O2S. The summed E-state index contributed by atoms with van der Waals surface area (Å²) < 4.78 is 4.80. The molecule has 0 bridgehead atoms. The number of H-pyrrole nitrogens is 1. The van der Waals surface area contributed by atoms with Crippen LogP contribution in [0.25, 0.3) is 22.0 Å². The minimum absolute atomic E-state index is 0.346. The number of rotatable bonds is 2. The van der Waals surface area contributed by atoms with E-state index >= 15 is 0 Å². The lowest BCUT2D eigenvalue weighted by atomic mass is 10.0. The van der Waals surface area contributed by atoms with Gasteiger partial charge in [0.2, 0.25) is 0 Å². The van der Waals surface area contributed by atoms with Gasteiger partial charge in [-0.3, -0.25) is 0 Å². The van der Waals surface area contributed by atoms with Crippen molar-refractivity contribution in [3.05, 3.63) is 46.3 Å². The second kappa shape index (κ2) is 4.83. The van der Waals surface area contributed by atoms with E-state index in [4.69, 9.17) is 10.00 Å². The molecule has 1 N–H and O–H groups in total. The van der Waals surface area contributed by atoms with Crippen LogP contribution in [-0.4, -0.2) is 18.1 Å². The molecule has 0 aliphatic carbocycles. The number of thiophene rings is 1. The number of aromatic amines is 1. The van der Waals surface area contributed by atoms with Crippen LogP contribution < -0.4 is 0 Å². The Morgan fingerprint density at radius 1 is 1.35 bits per heavy atom. The topological polar surface area (TPSA) is 65.9 Å². The summed E-state index contributed by atoms with van der Waals surface area (Å²) in [5, 5.41) is 11.8. The van der Waals surface area contributed by atoms with Crippen LogP contribution in [0.3, 0.4) is 0 Å². The van der Waals surface area contributed by atoms with Gasteiger partial charge in [0.1, 0.15) is 4.88 Å². The summed E-state index contributed by atoms with van der Waals surface area (Å²) in [6.45, 7) is 0. The zero-order valence-corrected chi connectivity index (χ0v) is 11.5. The molecule has 0 fully saturated rings. The van der Waals surface area contributed by atoms with Crippen LogP contribution in [-0.2, 0) is 4.74 Å². The number of carbonyl (C=O) groups excluding carboxylic acids is 1. The van der Waals surface area contributed by atoms with Crippen molar-refractivity contribution in [1.29, 1.82) is 5.26 Å². The van der Waals surface area contributed by atoms with E-state index in [2.05, 4.69) is 11.1 Å². The highest BCUT2D eigenvalue weighted by atomic mass is 32.1. The number of methoxy groups -OCH3 is 1. The molecule has 0 spiro atoms. The normalized spacial score (nSPS) is 10.4. The highest BCUT2D eigenvalue weighted by Crippen LogP contribution is 2.34. The molecule has 4 nitrogen and oxygen atoms in total. The van der Waals surface area contributed by atoms with Crippen LogP contribution in [0, 0.1) is 11.3 Å². The number of benzene rings is 1. The van der Waals surface area contributed by atoms with Gasteiger partial charge in [0.05, 0.1) is 18.7 Å². The van der Waals surface area contributed by atoms with Crippen LogP contribution in [0.5, 0.6) is 0 Å². The zero-order valence-electron chi connectivity index (χ0n) is 10.6. The van der Waals surface area contributed by atoms with Gasteiger partial charge in [-0.2, -0.15) is 5.26 Å². The van der Waals surface area contributed by atoms with E-state index in [1.54, 1.807) is 6.07 Å². The molecule has 0 aliphatic rings. The Kier molecular flexibility index (Phi) is 3.01. The molecular weight excluding hydrogens is 272 g/mol. The number of fused-ring (bicyclic) bond motifs is 1. The van der Waals surface area contributed by atoms with Crippen molar-refractivity contribution in [2.24, 2.45) is 0 Å². The van der Waals surface area contributed by atoms with Crippen molar-refractivity contribution in [3.63, 3.8) is 0 Å². The van der Waals surface area contributed by atoms with Crippen LogP contribution in [0.15, 0.2) is 35.8 Å². The molecule has 3 aromatic rings. The molecule has 98 valence electrons. The van der Waals surface area contributed by atoms with Gasteiger partial charge >= 0.3 is 5.97 Å². The van der Waals surface area contributed by atoms with Crippen LogP contribution >= 0.6 is 11.3 Å². The molecule has 0 unspecified atom stereocenters. The fourth-order valence-corrected chi connectivity index (χ4v) is 3.01. The Bertz CT molecular complexity index is 839. The van der Waals surface area contributed by atoms with Gasteiger partial charge in [-0.25, -0.2) is 4.79 Å². The molecule has 2 heterocycles. The van der Waals surface area contributed by atoms with Gasteiger partial charge in [-0.15, -0.1) is 11.3 Å². The first-order chi connectivity index (χ1) is 9.74. The molecule has 0 saturated heterocycles. The molecule has 0 amide bonds. The summed E-state index contributed by atoms with van der Waals surface area (Å²) in [7, 11) is 1.37. The van der Waals surface area contributed by atoms with Crippen molar-refractivity contribution in [2.75, 3.05) is 7.11 Å². The molecule has 0 radical (unpaired) electrons. The van der Waals surface area contributed by atoms with E-state index in [1.165, 1.54) is 18.4 Å². The first-order valence-corrected chi connectivity index (χ1v) is 6.80. The number of aromatic nitrogens is 1. The first kappa shape index (κ1) is 12.5. The number of hydrogen-bond donors (Lipinski definition) is 1. The summed E-state index contributed by atoms with van der Waals surface area (Å²) in [4.78, 5) is 15.5. The van der Waals surface area contributed by atoms with E-state index in [0.29, 0.717) is 10.4 Å². The molecule has 20 heavy (non-hydrogen) atoms. The quantitative estimate of drug-likeness (QED) is 0.731. The maximum Gasteiger partial charge on any atom is 0.348 e. The van der Waals surface area contributed by atoms with Crippen molar-refractivity contribution in [1.82, 2.24) is 4.98 Å². The summed E-state index contributed by atoms with van der Waals surface area (Å²) >= 11 is 1.35. The Morgan fingerprint density at radius 3 is 2.95 bits per heavy atom. The fraction of sp³-hybridized carbons (Fsp3) is 0.0667. The highest BCUT2D eigenvalue weighted by molar-refractivity contribution is 7.12. The number of nitrogens with zero attached hydrogens (tertiary/aromatic N) is 1. The smallest absolute Gasteiger partial charge is 0.348 e. The Labute approximate surface area is 119 Å². The second-order valence-corrected chi connectivity index (χ2v) is 5.15. The Hall–Kier alpha value is -2.58. The van der Waals surface area contributed by atoms with Gasteiger partial charge in [0.15, 0.2) is 0 Å². The molecule has 5 heteroatoms. The summed E-state index contributed by atoms with van der Waals surface area (Å²) in [6.07, 6.45) is 1.85. The summed E-state index contributed by atoms with van der Waals surface area (Å²) in [6, 6.07) is 9.46.